The van der Waals surface area contributed by atoms with Crippen LogP contribution in [0, 0.1) is 0 Å². The van der Waals surface area contributed by atoms with Crippen LogP contribution in [-0.2, 0) is 0 Å². The lowest BCUT2D eigenvalue weighted by Crippen LogP contribution is -2.08. The van der Waals surface area contributed by atoms with Crippen molar-refractivity contribution in [2.24, 2.45) is 0 Å². The molecule has 0 spiro atoms. The number of rotatable bonds is 2. The summed E-state index contributed by atoms with van der Waals surface area (Å²) >= 11 is 7.89. The molecule has 1 aliphatic rings. The maximum atomic E-state index is 5.99. The summed E-state index contributed by atoms with van der Waals surface area (Å²) in [6, 6.07) is 5.89. The SMILES string of the molecule is Nc1c(Cl)cccc1SC1CCCCC1. The van der Waals surface area contributed by atoms with Crippen LogP contribution < -0.4 is 5.73 Å². The molecule has 1 saturated carbocycles. The molecule has 0 aromatic heterocycles. The van der Waals surface area contributed by atoms with Crippen molar-refractivity contribution >= 4 is 29.1 Å². The fourth-order valence-electron chi connectivity index (χ4n) is 1.98. The number of halogens is 1. The normalized spacial score (nSPS) is 17.9. The third kappa shape index (κ3) is 2.82. The second kappa shape index (κ2) is 5.13. The van der Waals surface area contributed by atoms with E-state index in [0.717, 1.165) is 15.8 Å². The molecule has 1 aromatic carbocycles. The van der Waals surface area contributed by atoms with Gasteiger partial charge in [-0.1, -0.05) is 36.9 Å². The van der Waals surface area contributed by atoms with Gasteiger partial charge in [0.1, 0.15) is 0 Å². The number of hydrogen-bond donors (Lipinski definition) is 1. The number of hydrogen-bond acceptors (Lipinski definition) is 2. The molecule has 0 unspecified atom stereocenters. The molecule has 0 amide bonds. The molecule has 0 heterocycles. The summed E-state index contributed by atoms with van der Waals surface area (Å²) in [6.45, 7) is 0. The third-order valence-corrected chi connectivity index (χ3v) is 4.60. The summed E-state index contributed by atoms with van der Waals surface area (Å²) < 4.78 is 0. The number of nitrogen functional groups attached to an aromatic ring is 1. The van der Waals surface area contributed by atoms with Crippen LogP contribution in [0.3, 0.4) is 0 Å². The highest BCUT2D eigenvalue weighted by Crippen LogP contribution is 2.38. The van der Waals surface area contributed by atoms with Crippen LogP contribution in [0.5, 0.6) is 0 Å². The Bertz CT molecular complexity index is 334. The van der Waals surface area contributed by atoms with E-state index < -0.39 is 0 Å². The van der Waals surface area contributed by atoms with E-state index in [-0.39, 0.29) is 0 Å². The van der Waals surface area contributed by atoms with Gasteiger partial charge in [-0.25, -0.2) is 0 Å². The van der Waals surface area contributed by atoms with Gasteiger partial charge in [0.15, 0.2) is 0 Å². The molecular weight excluding hydrogens is 226 g/mol. The van der Waals surface area contributed by atoms with E-state index in [1.54, 1.807) is 0 Å². The van der Waals surface area contributed by atoms with Crippen LogP contribution in [0.25, 0.3) is 0 Å². The van der Waals surface area contributed by atoms with Gasteiger partial charge >= 0.3 is 0 Å². The van der Waals surface area contributed by atoms with E-state index in [4.69, 9.17) is 17.3 Å². The summed E-state index contributed by atoms with van der Waals surface area (Å²) in [6.07, 6.45) is 6.74. The van der Waals surface area contributed by atoms with E-state index in [9.17, 15) is 0 Å². The zero-order valence-electron chi connectivity index (χ0n) is 8.71. The average Bonchev–Trinajstić information content (AvgIpc) is 2.26. The number of para-hydroxylation sites is 1. The fourth-order valence-corrected chi connectivity index (χ4v) is 3.54. The Morgan fingerprint density at radius 2 is 1.93 bits per heavy atom. The molecule has 82 valence electrons. The van der Waals surface area contributed by atoms with E-state index in [2.05, 4.69) is 6.07 Å². The van der Waals surface area contributed by atoms with Gasteiger partial charge < -0.3 is 5.73 Å². The molecule has 1 aliphatic carbocycles. The topological polar surface area (TPSA) is 26.0 Å². The summed E-state index contributed by atoms with van der Waals surface area (Å²) in [5.74, 6) is 0. The first-order valence-corrected chi connectivity index (χ1v) is 6.74. The Morgan fingerprint density at radius 1 is 1.20 bits per heavy atom. The van der Waals surface area contributed by atoms with E-state index in [1.165, 1.54) is 32.1 Å². The second-order valence-corrected chi connectivity index (χ2v) is 5.78. The van der Waals surface area contributed by atoms with Gasteiger partial charge in [0.05, 0.1) is 10.7 Å². The molecular formula is C12H16ClNS. The molecule has 15 heavy (non-hydrogen) atoms. The molecule has 1 aromatic rings. The zero-order chi connectivity index (χ0) is 10.7. The summed E-state index contributed by atoms with van der Waals surface area (Å²) in [5.41, 5.74) is 6.69. The van der Waals surface area contributed by atoms with Crippen molar-refractivity contribution in [3.63, 3.8) is 0 Å². The van der Waals surface area contributed by atoms with Crippen molar-refractivity contribution in [1.29, 1.82) is 0 Å². The Labute approximate surface area is 100 Å². The zero-order valence-corrected chi connectivity index (χ0v) is 10.3. The van der Waals surface area contributed by atoms with Gasteiger partial charge in [0.25, 0.3) is 0 Å². The first kappa shape index (κ1) is 11.2. The van der Waals surface area contributed by atoms with Crippen LogP contribution in [0.1, 0.15) is 32.1 Å². The highest BCUT2D eigenvalue weighted by atomic mass is 35.5. The smallest absolute Gasteiger partial charge is 0.0646 e. The standard InChI is InChI=1S/C12H16ClNS/c13-10-7-4-8-11(12(10)14)15-9-5-2-1-3-6-9/h4,7-9H,1-3,5-6,14H2. The molecule has 0 radical (unpaired) electrons. The van der Waals surface area contributed by atoms with Crippen LogP contribution in [0.4, 0.5) is 5.69 Å². The molecule has 1 fully saturated rings. The largest absolute Gasteiger partial charge is 0.397 e. The van der Waals surface area contributed by atoms with Gasteiger partial charge in [-0.2, -0.15) is 0 Å². The molecule has 2 N–H and O–H groups in total. The second-order valence-electron chi connectivity index (χ2n) is 4.03. The molecule has 0 atom stereocenters. The van der Waals surface area contributed by atoms with Crippen molar-refractivity contribution in [3.05, 3.63) is 23.2 Å². The minimum Gasteiger partial charge on any atom is -0.397 e. The van der Waals surface area contributed by atoms with E-state index in [1.807, 2.05) is 23.9 Å². The predicted octanol–water partition coefficient (Wildman–Crippen LogP) is 4.35. The summed E-state index contributed by atoms with van der Waals surface area (Å²) in [7, 11) is 0. The van der Waals surface area contributed by atoms with Crippen molar-refractivity contribution in [1.82, 2.24) is 0 Å². The van der Waals surface area contributed by atoms with Gasteiger partial charge in [-0.15, -0.1) is 11.8 Å². The van der Waals surface area contributed by atoms with Crippen LogP contribution >= 0.6 is 23.4 Å². The lowest BCUT2D eigenvalue weighted by molar-refractivity contribution is 0.516. The first-order chi connectivity index (χ1) is 7.27. The highest BCUT2D eigenvalue weighted by Gasteiger charge is 2.16. The fraction of sp³-hybridized carbons (Fsp3) is 0.500. The Balaban J connectivity index is 2.06. The lowest BCUT2D eigenvalue weighted by atomic mass is 10.0. The van der Waals surface area contributed by atoms with Crippen molar-refractivity contribution in [3.8, 4) is 0 Å². The van der Waals surface area contributed by atoms with Crippen molar-refractivity contribution in [2.45, 2.75) is 42.2 Å². The molecule has 0 saturated heterocycles. The van der Waals surface area contributed by atoms with Gasteiger partial charge in [-0.05, 0) is 25.0 Å². The van der Waals surface area contributed by atoms with Crippen LogP contribution in [0.15, 0.2) is 23.1 Å². The molecule has 1 nitrogen and oxygen atoms in total. The molecule has 0 aliphatic heterocycles. The maximum Gasteiger partial charge on any atom is 0.0646 e. The first-order valence-electron chi connectivity index (χ1n) is 5.48. The number of nitrogens with two attached hydrogens (primary N) is 1. The minimum absolute atomic E-state index is 0.677. The summed E-state index contributed by atoms with van der Waals surface area (Å²) in [5, 5.41) is 1.41. The molecule has 0 bridgehead atoms. The van der Waals surface area contributed by atoms with Crippen molar-refractivity contribution in [2.75, 3.05) is 5.73 Å². The van der Waals surface area contributed by atoms with Gasteiger partial charge in [0, 0.05) is 10.1 Å². The third-order valence-electron chi connectivity index (χ3n) is 2.86. The van der Waals surface area contributed by atoms with Crippen LogP contribution in [0.2, 0.25) is 5.02 Å². The Kier molecular flexibility index (Phi) is 3.81. The number of thioether (sulfide) groups is 1. The van der Waals surface area contributed by atoms with E-state index >= 15 is 0 Å². The molecule has 2 rings (SSSR count). The molecule has 3 heteroatoms. The highest BCUT2D eigenvalue weighted by molar-refractivity contribution is 8.00. The summed E-state index contributed by atoms with van der Waals surface area (Å²) in [4.78, 5) is 1.15. The van der Waals surface area contributed by atoms with Gasteiger partial charge in [-0.3, -0.25) is 0 Å². The average molecular weight is 242 g/mol. The van der Waals surface area contributed by atoms with Gasteiger partial charge in [0.2, 0.25) is 0 Å². The van der Waals surface area contributed by atoms with Crippen LogP contribution in [-0.4, -0.2) is 5.25 Å². The Morgan fingerprint density at radius 3 is 2.67 bits per heavy atom. The minimum atomic E-state index is 0.677. The lowest BCUT2D eigenvalue weighted by Gasteiger charge is -2.21. The monoisotopic (exact) mass is 241 g/mol. The Hall–Kier alpha value is -0.340. The van der Waals surface area contributed by atoms with Crippen molar-refractivity contribution < 1.29 is 0 Å². The maximum absolute atomic E-state index is 5.99. The number of benzene rings is 1. The quantitative estimate of drug-likeness (QED) is 0.780. The van der Waals surface area contributed by atoms with E-state index in [0.29, 0.717) is 5.02 Å². The predicted molar refractivity (Wildman–Crippen MR) is 68.6 cm³/mol. The number of anilines is 1.